The van der Waals surface area contributed by atoms with Gasteiger partial charge in [0.25, 0.3) is 0 Å². The molecule has 0 aromatic heterocycles. The second-order valence-corrected chi connectivity index (χ2v) is 3.22. The molecule has 0 aliphatic carbocycles. The molecule has 0 bridgehead atoms. The number of hydrogen-bond acceptors (Lipinski definition) is 3. The molecule has 0 aliphatic rings. The molecule has 1 aromatic rings. The highest BCUT2D eigenvalue weighted by Crippen LogP contribution is 2.18. The Hall–Kier alpha value is -1.59. The lowest BCUT2D eigenvalue weighted by atomic mass is 10.2. The molecular formula is C9H9ClN2O3. The molecule has 0 spiro atoms. The van der Waals surface area contributed by atoms with Crippen LogP contribution in [0.15, 0.2) is 18.2 Å². The molecule has 4 N–H and O–H groups in total. The minimum atomic E-state index is -1.11. The van der Waals surface area contributed by atoms with Crippen molar-refractivity contribution in [2.75, 3.05) is 11.9 Å². The van der Waals surface area contributed by atoms with Gasteiger partial charge in [0, 0.05) is 10.7 Å². The van der Waals surface area contributed by atoms with E-state index in [1.165, 1.54) is 18.2 Å². The first-order valence-corrected chi connectivity index (χ1v) is 4.44. The lowest BCUT2D eigenvalue weighted by Crippen LogP contribution is -2.21. The van der Waals surface area contributed by atoms with Crippen LogP contribution in [0.3, 0.4) is 0 Å². The molecule has 0 heterocycles. The highest BCUT2D eigenvalue weighted by Gasteiger charge is 2.07. The number of halogens is 1. The molecule has 1 amide bonds. The van der Waals surface area contributed by atoms with Crippen LogP contribution in [-0.4, -0.2) is 23.5 Å². The van der Waals surface area contributed by atoms with Crippen LogP contribution < -0.4 is 11.1 Å². The van der Waals surface area contributed by atoms with E-state index in [2.05, 4.69) is 5.32 Å². The summed E-state index contributed by atoms with van der Waals surface area (Å²) in [5.41, 5.74) is 5.42. The zero-order valence-electron chi connectivity index (χ0n) is 7.66. The fraction of sp³-hybridized carbons (Fsp3) is 0.111. The Bertz CT molecular complexity index is 406. The van der Waals surface area contributed by atoms with Gasteiger partial charge in [0.2, 0.25) is 5.91 Å². The van der Waals surface area contributed by atoms with E-state index in [0.717, 1.165) is 0 Å². The van der Waals surface area contributed by atoms with E-state index in [4.69, 9.17) is 22.4 Å². The predicted octanol–water partition coefficient (Wildman–Crippen LogP) is 0.935. The van der Waals surface area contributed by atoms with E-state index >= 15 is 0 Å². The molecule has 0 saturated heterocycles. The monoisotopic (exact) mass is 228 g/mol. The van der Waals surface area contributed by atoms with Gasteiger partial charge in [-0.15, -0.1) is 0 Å². The molecule has 1 aromatic carbocycles. The lowest BCUT2D eigenvalue weighted by Gasteiger charge is -2.05. The zero-order chi connectivity index (χ0) is 11.4. The van der Waals surface area contributed by atoms with Gasteiger partial charge in [0.15, 0.2) is 0 Å². The summed E-state index contributed by atoms with van der Waals surface area (Å²) in [5.74, 6) is -1.52. The number of carboxylic acid groups (broad SMARTS) is 1. The third-order valence-corrected chi connectivity index (χ3v) is 1.83. The Balaban J connectivity index is 2.98. The summed E-state index contributed by atoms with van der Waals surface area (Å²) in [4.78, 5) is 21.6. The molecule has 0 aliphatic heterocycles. The Labute approximate surface area is 90.8 Å². The maximum atomic E-state index is 10.9. The zero-order valence-corrected chi connectivity index (χ0v) is 8.41. The number of hydrogen-bond donors (Lipinski definition) is 3. The number of amides is 1. The number of carboxylic acids is 1. The van der Waals surface area contributed by atoms with Crippen molar-refractivity contribution in [2.24, 2.45) is 5.73 Å². The second kappa shape index (κ2) is 4.77. The van der Waals surface area contributed by atoms with Crippen molar-refractivity contribution in [1.82, 2.24) is 0 Å². The van der Waals surface area contributed by atoms with Crippen molar-refractivity contribution in [3.05, 3.63) is 28.8 Å². The van der Waals surface area contributed by atoms with Gasteiger partial charge in [-0.25, -0.2) is 4.79 Å². The van der Waals surface area contributed by atoms with E-state index in [-0.39, 0.29) is 17.1 Å². The number of aromatic carboxylic acids is 1. The number of nitrogens with one attached hydrogen (secondary N) is 1. The molecule has 0 unspecified atom stereocenters. The molecule has 0 atom stereocenters. The predicted molar refractivity (Wildman–Crippen MR) is 56.1 cm³/mol. The fourth-order valence-corrected chi connectivity index (χ4v) is 1.23. The van der Waals surface area contributed by atoms with Crippen molar-refractivity contribution in [3.8, 4) is 0 Å². The molecule has 0 radical (unpaired) electrons. The Morgan fingerprint density at radius 2 is 2.07 bits per heavy atom. The summed E-state index contributed by atoms with van der Waals surface area (Å²) in [6, 6.07) is 4.05. The first-order chi connectivity index (χ1) is 7.02. The van der Waals surface area contributed by atoms with Gasteiger partial charge < -0.3 is 16.2 Å². The molecule has 6 heteroatoms. The quantitative estimate of drug-likeness (QED) is 0.718. The third kappa shape index (κ3) is 3.23. The minimum absolute atomic E-state index is 0.00909. The van der Waals surface area contributed by atoms with Crippen LogP contribution in [0.2, 0.25) is 5.02 Å². The van der Waals surface area contributed by atoms with Crippen LogP contribution in [-0.2, 0) is 4.79 Å². The molecular weight excluding hydrogens is 220 g/mol. The van der Waals surface area contributed by atoms with E-state index in [9.17, 15) is 9.59 Å². The number of nitrogens with two attached hydrogens (primary N) is 1. The van der Waals surface area contributed by atoms with Crippen molar-refractivity contribution in [3.63, 3.8) is 0 Å². The molecule has 0 saturated carbocycles. The minimum Gasteiger partial charge on any atom is -0.478 e. The number of anilines is 1. The van der Waals surface area contributed by atoms with Crippen molar-refractivity contribution in [1.29, 1.82) is 0 Å². The fourth-order valence-electron chi connectivity index (χ4n) is 0.997. The largest absolute Gasteiger partial charge is 0.478 e. The maximum Gasteiger partial charge on any atom is 0.335 e. The summed E-state index contributed by atoms with van der Waals surface area (Å²) in [6.45, 7) is -0.172. The lowest BCUT2D eigenvalue weighted by molar-refractivity contribution is -0.114. The van der Waals surface area contributed by atoms with Gasteiger partial charge in [-0.05, 0) is 18.2 Å². The smallest absolute Gasteiger partial charge is 0.335 e. The van der Waals surface area contributed by atoms with Gasteiger partial charge in [0.05, 0.1) is 12.1 Å². The average Bonchev–Trinajstić information content (AvgIpc) is 2.16. The highest BCUT2D eigenvalue weighted by atomic mass is 35.5. The molecule has 5 nitrogen and oxygen atoms in total. The van der Waals surface area contributed by atoms with Crippen LogP contribution in [0.1, 0.15) is 10.4 Å². The van der Waals surface area contributed by atoms with Gasteiger partial charge in [-0.1, -0.05) is 11.6 Å². The summed E-state index contributed by atoms with van der Waals surface area (Å²) in [5, 5.41) is 11.4. The topological polar surface area (TPSA) is 92.4 Å². The Morgan fingerprint density at radius 1 is 1.40 bits per heavy atom. The molecule has 15 heavy (non-hydrogen) atoms. The van der Waals surface area contributed by atoms with E-state index < -0.39 is 11.9 Å². The summed E-state index contributed by atoms with van der Waals surface area (Å²) >= 11 is 5.67. The molecule has 80 valence electrons. The van der Waals surface area contributed by atoms with Crippen LogP contribution in [0.25, 0.3) is 0 Å². The first-order valence-electron chi connectivity index (χ1n) is 4.06. The Morgan fingerprint density at radius 3 is 2.60 bits per heavy atom. The SMILES string of the molecule is NCC(=O)Nc1cc(Cl)cc(C(=O)O)c1. The van der Waals surface area contributed by atoms with Crippen molar-refractivity contribution < 1.29 is 14.7 Å². The second-order valence-electron chi connectivity index (χ2n) is 2.79. The summed E-state index contributed by atoms with van der Waals surface area (Å²) < 4.78 is 0. The molecule has 1 rings (SSSR count). The van der Waals surface area contributed by atoms with Crippen LogP contribution in [0.5, 0.6) is 0 Å². The van der Waals surface area contributed by atoms with Crippen LogP contribution in [0, 0.1) is 0 Å². The van der Waals surface area contributed by atoms with E-state index in [0.29, 0.717) is 5.69 Å². The van der Waals surface area contributed by atoms with Gasteiger partial charge in [-0.2, -0.15) is 0 Å². The van der Waals surface area contributed by atoms with E-state index in [1.807, 2.05) is 0 Å². The number of benzene rings is 1. The number of carbonyl (C=O) groups is 2. The summed E-state index contributed by atoms with van der Waals surface area (Å²) in [6.07, 6.45) is 0. The average molecular weight is 229 g/mol. The van der Waals surface area contributed by atoms with Crippen molar-refractivity contribution >= 4 is 29.2 Å². The van der Waals surface area contributed by atoms with Gasteiger partial charge in [-0.3, -0.25) is 4.79 Å². The maximum absolute atomic E-state index is 10.9. The standard InChI is InChI=1S/C9H9ClN2O3/c10-6-1-5(9(14)15)2-7(3-6)12-8(13)4-11/h1-3H,4,11H2,(H,12,13)(H,14,15). The van der Waals surface area contributed by atoms with Crippen LogP contribution in [0.4, 0.5) is 5.69 Å². The normalized spacial score (nSPS) is 9.73. The Kier molecular flexibility index (Phi) is 3.65. The van der Waals surface area contributed by atoms with Crippen LogP contribution >= 0.6 is 11.6 Å². The first kappa shape index (κ1) is 11.5. The number of rotatable bonds is 3. The highest BCUT2D eigenvalue weighted by molar-refractivity contribution is 6.31. The van der Waals surface area contributed by atoms with Crippen molar-refractivity contribution in [2.45, 2.75) is 0 Å². The third-order valence-electron chi connectivity index (χ3n) is 1.61. The summed E-state index contributed by atoms with van der Waals surface area (Å²) in [7, 11) is 0. The number of carbonyl (C=O) groups excluding carboxylic acids is 1. The van der Waals surface area contributed by atoms with Gasteiger partial charge in [0.1, 0.15) is 0 Å². The van der Waals surface area contributed by atoms with E-state index in [1.54, 1.807) is 0 Å². The molecule has 0 fully saturated rings. The van der Waals surface area contributed by atoms with Gasteiger partial charge >= 0.3 is 5.97 Å².